The first kappa shape index (κ1) is 12.0. The van der Waals surface area contributed by atoms with E-state index in [0.29, 0.717) is 5.02 Å². The highest BCUT2D eigenvalue weighted by molar-refractivity contribution is 6.31. The van der Waals surface area contributed by atoms with Crippen molar-refractivity contribution in [3.8, 4) is 17.0 Å². The fourth-order valence-electron chi connectivity index (χ4n) is 1.79. The Labute approximate surface area is 105 Å². The van der Waals surface area contributed by atoms with Crippen LogP contribution in [-0.4, -0.2) is 12.3 Å². The average Bonchev–Trinajstić information content (AvgIpc) is 2.77. The zero-order chi connectivity index (χ0) is 12.3. The summed E-state index contributed by atoms with van der Waals surface area (Å²) in [4.78, 5) is 0. The minimum Gasteiger partial charge on any atom is -0.496 e. The van der Waals surface area contributed by atoms with Gasteiger partial charge in [0, 0.05) is 16.1 Å². The van der Waals surface area contributed by atoms with Gasteiger partial charge in [0.15, 0.2) is 0 Å². The molecule has 0 aliphatic carbocycles. The molecule has 1 aromatic carbocycles. The maximum atomic E-state index is 6.01. The Morgan fingerprint density at radius 1 is 1.41 bits per heavy atom. The van der Waals surface area contributed by atoms with Gasteiger partial charge in [-0.3, -0.25) is 0 Å². The Morgan fingerprint density at radius 2 is 2.24 bits per heavy atom. The van der Waals surface area contributed by atoms with Crippen molar-refractivity contribution in [3.05, 3.63) is 35.0 Å². The first-order valence-electron chi connectivity index (χ1n) is 5.53. The third-order valence-electron chi connectivity index (χ3n) is 2.58. The minimum absolute atomic E-state index is 0.659. The molecule has 2 aromatic rings. The van der Waals surface area contributed by atoms with Crippen molar-refractivity contribution in [2.24, 2.45) is 0 Å². The molecule has 0 spiro atoms. The average molecular weight is 252 g/mol. The monoisotopic (exact) mass is 251 g/mol. The van der Waals surface area contributed by atoms with Gasteiger partial charge >= 0.3 is 0 Å². The first-order valence-corrected chi connectivity index (χ1v) is 5.91. The molecule has 0 unspecified atom stereocenters. The molecule has 0 N–H and O–H groups in total. The molecular weight excluding hydrogens is 238 g/mol. The largest absolute Gasteiger partial charge is 0.496 e. The van der Waals surface area contributed by atoms with Crippen molar-refractivity contribution < 1.29 is 9.26 Å². The van der Waals surface area contributed by atoms with E-state index in [4.69, 9.17) is 20.9 Å². The van der Waals surface area contributed by atoms with Crippen molar-refractivity contribution in [1.82, 2.24) is 5.16 Å². The topological polar surface area (TPSA) is 35.3 Å². The second kappa shape index (κ2) is 5.23. The lowest BCUT2D eigenvalue weighted by Crippen LogP contribution is -1.91. The Bertz CT molecular complexity index is 508. The molecular formula is C13H14ClNO2. The SMILES string of the molecule is CCCc1conc1-c1cc(Cl)ccc1OC. The van der Waals surface area contributed by atoms with Crippen LogP contribution in [0.4, 0.5) is 0 Å². The van der Waals surface area contributed by atoms with E-state index in [-0.39, 0.29) is 0 Å². The van der Waals surface area contributed by atoms with Crippen molar-refractivity contribution in [2.45, 2.75) is 19.8 Å². The smallest absolute Gasteiger partial charge is 0.128 e. The van der Waals surface area contributed by atoms with E-state index in [0.717, 1.165) is 35.4 Å². The van der Waals surface area contributed by atoms with Gasteiger partial charge in [0.05, 0.1) is 7.11 Å². The van der Waals surface area contributed by atoms with Crippen LogP contribution in [0.2, 0.25) is 5.02 Å². The fraction of sp³-hybridized carbons (Fsp3) is 0.308. The maximum Gasteiger partial charge on any atom is 0.128 e. The van der Waals surface area contributed by atoms with Gasteiger partial charge in [-0.05, 0) is 24.6 Å². The molecule has 0 aliphatic rings. The van der Waals surface area contributed by atoms with Gasteiger partial charge in [-0.15, -0.1) is 0 Å². The Balaban J connectivity index is 2.51. The van der Waals surface area contributed by atoms with Gasteiger partial charge in [0.25, 0.3) is 0 Å². The van der Waals surface area contributed by atoms with Gasteiger partial charge in [0.1, 0.15) is 17.7 Å². The zero-order valence-corrected chi connectivity index (χ0v) is 10.6. The summed E-state index contributed by atoms with van der Waals surface area (Å²) in [7, 11) is 1.63. The second-order valence-corrected chi connectivity index (χ2v) is 4.22. The number of aryl methyl sites for hydroxylation is 1. The molecule has 0 radical (unpaired) electrons. The second-order valence-electron chi connectivity index (χ2n) is 3.78. The van der Waals surface area contributed by atoms with Crippen molar-refractivity contribution >= 4 is 11.6 Å². The number of hydrogen-bond donors (Lipinski definition) is 0. The number of methoxy groups -OCH3 is 1. The molecule has 2 rings (SSSR count). The van der Waals surface area contributed by atoms with Crippen LogP contribution in [0.5, 0.6) is 5.75 Å². The zero-order valence-electron chi connectivity index (χ0n) is 9.87. The molecule has 0 saturated heterocycles. The summed E-state index contributed by atoms with van der Waals surface area (Å²) in [5.41, 5.74) is 2.76. The van der Waals surface area contributed by atoms with Crippen molar-refractivity contribution in [3.63, 3.8) is 0 Å². The molecule has 0 atom stereocenters. The fourth-order valence-corrected chi connectivity index (χ4v) is 1.96. The van der Waals surface area contributed by atoms with Crippen LogP contribution in [0.1, 0.15) is 18.9 Å². The molecule has 1 heterocycles. The summed E-state index contributed by atoms with van der Waals surface area (Å²) < 4.78 is 10.4. The number of aromatic nitrogens is 1. The molecule has 1 aromatic heterocycles. The number of halogens is 1. The summed E-state index contributed by atoms with van der Waals surface area (Å²) in [6, 6.07) is 5.48. The van der Waals surface area contributed by atoms with E-state index in [9.17, 15) is 0 Å². The van der Waals surface area contributed by atoms with E-state index in [2.05, 4.69) is 12.1 Å². The molecule has 4 heteroatoms. The Kier molecular flexibility index (Phi) is 3.69. The quantitative estimate of drug-likeness (QED) is 0.825. The van der Waals surface area contributed by atoms with Gasteiger partial charge < -0.3 is 9.26 Å². The van der Waals surface area contributed by atoms with E-state index >= 15 is 0 Å². The van der Waals surface area contributed by atoms with E-state index in [1.54, 1.807) is 19.4 Å². The Morgan fingerprint density at radius 3 is 2.94 bits per heavy atom. The summed E-state index contributed by atoms with van der Waals surface area (Å²) >= 11 is 6.01. The van der Waals surface area contributed by atoms with E-state index < -0.39 is 0 Å². The maximum absolute atomic E-state index is 6.01. The minimum atomic E-state index is 0.659. The van der Waals surface area contributed by atoms with Crippen LogP contribution >= 0.6 is 11.6 Å². The van der Waals surface area contributed by atoms with Crippen LogP contribution in [-0.2, 0) is 6.42 Å². The standard InChI is InChI=1S/C13H14ClNO2/c1-3-4-9-8-17-15-13(9)11-7-10(14)5-6-12(11)16-2/h5-8H,3-4H2,1-2H3. The summed E-state index contributed by atoms with van der Waals surface area (Å²) in [6.45, 7) is 2.12. The number of rotatable bonds is 4. The van der Waals surface area contributed by atoms with Gasteiger partial charge in [-0.25, -0.2) is 0 Å². The lowest BCUT2D eigenvalue weighted by atomic mass is 10.0. The number of benzene rings is 1. The highest BCUT2D eigenvalue weighted by Gasteiger charge is 2.14. The van der Waals surface area contributed by atoms with Crippen LogP contribution in [0, 0.1) is 0 Å². The molecule has 17 heavy (non-hydrogen) atoms. The normalized spacial score (nSPS) is 10.5. The number of nitrogens with zero attached hydrogens (tertiary/aromatic N) is 1. The molecule has 0 fully saturated rings. The number of hydrogen-bond acceptors (Lipinski definition) is 3. The summed E-state index contributed by atoms with van der Waals surface area (Å²) in [6.07, 6.45) is 3.64. The van der Waals surface area contributed by atoms with Crippen LogP contribution in [0.15, 0.2) is 29.0 Å². The third-order valence-corrected chi connectivity index (χ3v) is 2.81. The van der Waals surface area contributed by atoms with E-state index in [1.807, 2.05) is 12.1 Å². The lowest BCUT2D eigenvalue weighted by Gasteiger charge is -2.07. The predicted molar refractivity (Wildman–Crippen MR) is 67.5 cm³/mol. The van der Waals surface area contributed by atoms with Gasteiger partial charge in [0.2, 0.25) is 0 Å². The summed E-state index contributed by atoms with van der Waals surface area (Å²) in [5.74, 6) is 0.751. The highest BCUT2D eigenvalue weighted by atomic mass is 35.5. The molecule has 0 amide bonds. The lowest BCUT2D eigenvalue weighted by molar-refractivity contribution is 0.411. The van der Waals surface area contributed by atoms with Crippen LogP contribution < -0.4 is 4.74 Å². The highest BCUT2D eigenvalue weighted by Crippen LogP contribution is 2.33. The molecule has 0 saturated carbocycles. The van der Waals surface area contributed by atoms with Crippen molar-refractivity contribution in [1.29, 1.82) is 0 Å². The Hall–Kier alpha value is -1.48. The molecule has 90 valence electrons. The molecule has 0 aliphatic heterocycles. The first-order chi connectivity index (χ1) is 8.26. The third kappa shape index (κ3) is 2.44. The van der Waals surface area contributed by atoms with E-state index in [1.165, 1.54) is 0 Å². The van der Waals surface area contributed by atoms with Crippen LogP contribution in [0.25, 0.3) is 11.3 Å². The van der Waals surface area contributed by atoms with Crippen LogP contribution in [0.3, 0.4) is 0 Å². The summed E-state index contributed by atoms with van der Waals surface area (Å²) in [5, 5.41) is 4.70. The molecule has 0 bridgehead atoms. The van der Waals surface area contributed by atoms with Gasteiger partial charge in [-0.2, -0.15) is 0 Å². The molecule has 3 nitrogen and oxygen atoms in total. The van der Waals surface area contributed by atoms with Gasteiger partial charge in [-0.1, -0.05) is 30.1 Å². The number of ether oxygens (including phenoxy) is 1. The van der Waals surface area contributed by atoms with Crippen molar-refractivity contribution in [2.75, 3.05) is 7.11 Å². The predicted octanol–water partition coefficient (Wildman–Crippen LogP) is 3.96.